The van der Waals surface area contributed by atoms with Crippen LogP contribution in [0.3, 0.4) is 0 Å². The van der Waals surface area contributed by atoms with Crippen LogP contribution in [0.2, 0.25) is 5.02 Å². The summed E-state index contributed by atoms with van der Waals surface area (Å²) >= 11 is 6.07. The Bertz CT molecular complexity index is 661. The maximum Gasteiger partial charge on any atom is 0.257 e. The molecule has 0 aliphatic carbocycles. The zero-order valence-electron chi connectivity index (χ0n) is 11.3. The Labute approximate surface area is 126 Å². The first-order chi connectivity index (χ1) is 10.1. The Morgan fingerprint density at radius 2 is 2.00 bits per heavy atom. The molecule has 6 nitrogen and oxygen atoms in total. The van der Waals surface area contributed by atoms with Crippen molar-refractivity contribution in [2.45, 2.75) is 13.3 Å². The van der Waals surface area contributed by atoms with Crippen molar-refractivity contribution < 1.29 is 9.59 Å². The Balaban J connectivity index is 2.10. The molecule has 0 saturated carbocycles. The van der Waals surface area contributed by atoms with Crippen LogP contribution in [-0.2, 0) is 4.79 Å². The van der Waals surface area contributed by atoms with E-state index in [4.69, 9.17) is 11.6 Å². The highest BCUT2D eigenvalue weighted by molar-refractivity contribution is 6.34. The van der Waals surface area contributed by atoms with Crippen LogP contribution in [0.1, 0.15) is 23.7 Å². The van der Waals surface area contributed by atoms with E-state index in [-0.39, 0.29) is 11.8 Å². The molecule has 0 spiro atoms. The van der Waals surface area contributed by atoms with E-state index in [1.54, 1.807) is 31.2 Å². The van der Waals surface area contributed by atoms with Crippen molar-refractivity contribution in [3.8, 4) is 0 Å². The first kappa shape index (κ1) is 14.9. The number of carbonyl (C=O) groups is 2. The third-order valence-electron chi connectivity index (χ3n) is 2.67. The zero-order chi connectivity index (χ0) is 15.2. The minimum atomic E-state index is -0.314. The summed E-state index contributed by atoms with van der Waals surface area (Å²) in [6.45, 7) is 1.75. The van der Waals surface area contributed by atoms with Crippen LogP contribution >= 0.6 is 11.6 Å². The summed E-state index contributed by atoms with van der Waals surface area (Å²) in [4.78, 5) is 23.3. The molecule has 0 fully saturated rings. The van der Waals surface area contributed by atoms with Gasteiger partial charge in [0.1, 0.15) is 0 Å². The average molecular weight is 305 g/mol. The van der Waals surface area contributed by atoms with Gasteiger partial charge in [0.15, 0.2) is 0 Å². The summed E-state index contributed by atoms with van der Waals surface area (Å²) in [6, 6.07) is 6.42. The van der Waals surface area contributed by atoms with Gasteiger partial charge < -0.3 is 10.6 Å². The fourth-order valence-corrected chi connectivity index (χ4v) is 1.79. The molecule has 2 amide bonds. The maximum atomic E-state index is 11.9. The van der Waals surface area contributed by atoms with Crippen molar-refractivity contribution in [3.63, 3.8) is 0 Å². The maximum absolute atomic E-state index is 11.9. The van der Waals surface area contributed by atoms with Crippen LogP contribution in [0.25, 0.3) is 0 Å². The molecule has 108 valence electrons. The number of anilines is 2. The van der Waals surface area contributed by atoms with Gasteiger partial charge in [0.25, 0.3) is 5.91 Å². The molecule has 0 bridgehead atoms. The molecule has 2 N–H and O–H groups in total. The van der Waals surface area contributed by atoms with Gasteiger partial charge in [0.2, 0.25) is 5.91 Å². The number of amides is 2. The highest BCUT2D eigenvalue weighted by atomic mass is 35.5. The molecular weight excluding hydrogens is 292 g/mol. The highest BCUT2D eigenvalue weighted by Crippen LogP contribution is 2.25. The van der Waals surface area contributed by atoms with E-state index in [1.807, 2.05) is 0 Å². The first-order valence-corrected chi connectivity index (χ1v) is 6.65. The fourth-order valence-electron chi connectivity index (χ4n) is 1.56. The minimum absolute atomic E-state index is 0.128. The molecule has 0 radical (unpaired) electrons. The molecule has 1 aromatic carbocycles. The number of nitrogens with zero attached hydrogens (tertiary/aromatic N) is 2. The molecule has 0 saturated heterocycles. The predicted molar refractivity (Wildman–Crippen MR) is 80.4 cm³/mol. The van der Waals surface area contributed by atoms with Gasteiger partial charge in [-0.15, -0.1) is 0 Å². The molecule has 0 aliphatic rings. The third kappa shape index (κ3) is 4.00. The zero-order valence-corrected chi connectivity index (χ0v) is 12.0. The van der Waals surface area contributed by atoms with E-state index in [9.17, 15) is 9.59 Å². The van der Waals surface area contributed by atoms with Crippen molar-refractivity contribution >= 4 is 34.8 Å². The number of carbonyl (C=O) groups excluding carboxylic acids is 2. The fraction of sp³-hybridized carbons (Fsp3) is 0.143. The molecule has 21 heavy (non-hydrogen) atoms. The molecule has 0 aliphatic heterocycles. The van der Waals surface area contributed by atoms with Crippen molar-refractivity contribution in [1.29, 1.82) is 0 Å². The normalized spacial score (nSPS) is 10.0. The van der Waals surface area contributed by atoms with Crippen LogP contribution in [0.5, 0.6) is 0 Å². The summed E-state index contributed by atoms with van der Waals surface area (Å²) in [6.07, 6.45) is 3.17. The molecular formula is C14H13ClN4O2. The van der Waals surface area contributed by atoms with Gasteiger partial charge >= 0.3 is 0 Å². The van der Waals surface area contributed by atoms with E-state index in [0.29, 0.717) is 28.4 Å². The van der Waals surface area contributed by atoms with Crippen LogP contribution in [-0.4, -0.2) is 22.0 Å². The number of rotatable bonds is 4. The molecule has 1 heterocycles. The molecule has 2 rings (SSSR count). The Morgan fingerprint density at radius 1 is 1.19 bits per heavy atom. The minimum Gasteiger partial charge on any atom is -0.325 e. The standard InChI is InChI=1S/C14H13ClN4O2/c1-2-13(20)19-12-4-3-10(7-11(12)15)18-14(21)9-5-6-16-17-8-9/h3-8H,2H2,1H3,(H,18,21)(H,19,20). The second-order valence-electron chi connectivity index (χ2n) is 4.18. The quantitative estimate of drug-likeness (QED) is 0.909. The van der Waals surface area contributed by atoms with Crippen LogP contribution in [0, 0.1) is 0 Å². The van der Waals surface area contributed by atoms with Crippen LogP contribution < -0.4 is 10.6 Å². The lowest BCUT2D eigenvalue weighted by atomic mass is 10.2. The largest absolute Gasteiger partial charge is 0.325 e. The van der Waals surface area contributed by atoms with Crippen molar-refractivity contribution in [3.05, 3.63) is 47.2 Å². The summed E-state index contributed by atoms with van der Waals surface area (Å²) in [5, 5.41) is 13.0. The van der Waals surface area contributed by atoms with Crippen molar-refractivity contribution in [2.24, 2.45) is 0 Å². The van der Waals surface area contributed by atoms with Gasteiger partial charge in [0.05, 0.1) is 28.7 Å². The Morgan fingerprint density at radius 3 is 2.62 bits per heavy atom. The van der Waals surface area contributed by atoms with Crippen LogP contribution in [0.4, 0.5) is 11.4 Å². The lowest BCUT2D eigenvalue weighted by molar-refractivity contribution is -0.115. The number of benzene rings is 1. The van der Waals surface area contributed by atoms with Crippen molar-refractivity contribution in [1.82, 2.24) is 10.2 Å². The van der Waals surface area contributed by atoms with Gasteiger partial charge in [0, 0.05) is 12.1 Å². The summed E-state index contributed by atoms with van der Waals surface area (Å²) in [5.41, 5.74) is 1.42. The van der Waals surface area contributed by atoms with Gasteiger partial charge in [-0.05, 0) is 24.3 Å². The number of hydrogen-bond donors (Lipinski definition) is 2. The number of halogens is 1. The van der Waals surface area contributed by atoms with Gasteiger partial charge in [-0.25, -0.2) is 0 Å². The summed E-state index contributed by atoms with van der Waals surface area (Å²) in [7, 11) is 0. The second kappa shape index (κ2) is 6.81. The Hall–Kier alpha value is -2.47. The van der Waals surface area contributed by atoms with Gasteiger partial charge in [-0.2, -0.15) is 10.2 Å². The van der Waals surface area contributed by atoms with Gasteiger partial charge in [-0.1, -0.05) is 18.5 Å². The average Bonchev–Trinajstić information content (AvgIpc) is 2.50. The molecule has 2 aromatic rings. The monoisotopic (exact) mass is 304 g/mol. The number of hydrogen-bond acceptors (Lipinski definition) is 4. The Kier molecular flexibility index (Phi) is 4.84. The first-order valence-electron chi connectivity index (χ1n) is 6.27. The van der Waals surface area contributed by atoms with E-state index in [2.05, 4.69) is 20.8 Å². The summed E-state index contributed by atoms with van der Waals surface area (Å²) < 4.78 is 0. The smallest absolute Gasteiger partial charge is 0.257 e. The summed E-state index contributed by atoms with van der Waals surface area (Å²) in [5.74, 6) is -0.442. The van der Waals surface area contributed by atoms with E-state index in [1.165, 1.54) is 12.4 Å². The molecule has 7 heteroatoms. The lowest BCUT2D eigenvalue weighted by Crippen LogP contribution is -2.13. The second-order valence-corrected chi connectivity index (χ2v) is 4.59. The van der Waals surface area contributed by atoms with E-state index in [0.717, 1.165) is 0 Å². The number of aromatic nitrogens is 2. The third-order valence-corrected chi connectivity index (χ3v) is 2.98. The SMILES string of the molecule is CCC(=O)Nc1ccc(NC(=O)c2ccnnc2)cc1Cl. The predicted octanol–water partition coefficient (Wildman–Crippen LogP) is 2.73. The van der Waals surface area contributed by atoms with E-state index < -0.39 is 0 Å². The highest BCUT2D eigenvalue weighted by Gasteiger charge is 2.09. The molecule has 1 aromatic heterocycles. The molecule has 0 atom stereocenters. The van der Waals surface area contributed by atoms with Crippen molar-refractivity contribution in [2.75, 3.05) is 10.6 Å². The van der Waals surface area contributed by atoms with E-state index >= 15 is 0 Å². The molecule has 0 unspecified atom stereocenters. The topological polar surface area (TPSA) is 84.0 Å². The van der Waals surface area contributed by atoms with Gasteiger partial charge in [-0.3, -0.25) is 9.59 Å². The number of nitrogens with one attached hydrogen (secondary N) is 2. The van der Waals surface area contributed by atoms with Crippen LogP contribution in [0.15, 0.2) is 36.7 Å². The lowest BCUT2D eigenvalue weighted by Gasteiger charge is -2.09.